The molecule has 0 aromatic heterocycles. The van der Waals surface area contributed by atoms with Gasteiger partial charge in [-0.2, -0.15) is 0 Å². The van der Waals surface area contributed by atoms with Gasteiger partial charge in [-0.1, -0.05) is 48.5 Å². The fraction of sp³-hybridized carbons (Fsp3) is 0.278. The molecule has 0 aliphatic heterocycles. The highest BCUT2D eigenvalue weighted by atomic mass is 31.2. The topological polar surface area (TPSA) is 76.7 Å². The third kappa shape index (κ3) is 5.43. The summed E-state index contributed by atoms with van der Waals surface area (Å²) < 4.78 is 24.1. The van der Waals surface area contributed by atoms with Gasteiger partial charge < -0.3 is 19.7 Å². The van der Waals surface area contributed by atoms with Crippen molar-refractivity contribution >= 4 is 19.3 Å². The van der Waals surface area contributed by atoms with Crippen molar-refractivity contribution in [3.05, 3.63) is 66.2 Å². The zero-order valence-electron chi connectivity index (χ0n) is 14.3. The van der Waals surface area contributed by atoms with Crippen LogP contribution in [0.2, 0.25) is 0 Å². The molecule has 7 heteroatoms. The van der Waals surface area contributed by atoms with E-state index in [0.29, 0.717) is 11.3 Å². The van der Waals surface area contributed by atoms with Crippen molar-refractivity contribution in [3.63, 3.8) is 0 Å². The lowest BCUT2D eigenvalue weighted by Gasteiger charge is -2.27. The molecule has 2 amide bonds. The summed E-state index contributed by atoms with van der Waals surface area (Å²) in [6.45, 7) is 3.89. The van der Waals surface area contributed by atoms with Crippen LogP contribution in [0.3, 0.4) is 0 Å². The third-order valence-corrected chi connectivity index (χ3v) is 5.64. The van der Waals surface area contributed by atoms with Crippen LogP contribution >= 0.6 is 7.60 Å². The van der Waals surface area contributed by atoms with Crippen LogP contribution in [-0.4, -0.2) is 19.2 Å². The normalized spacial score (nSPS) is 12.4. The van der Waals surface area contributed by atoms with E-state index in [2.05, 4.69) is 10.6 Å². The Morgan fingerprint density at radius 2 is 1.48 bits per heavy atom. The Kier molecular flexibility index (Phi) is 7.19. The molecule has 0 bridgehead atoms. The molecule has 0 spiro atoms. The second kappa shape index (κ2) is 9.37. The summed E-state index contributed by atoms with van der Waals surface area (Å²) in [7, 11) is -3.58. The molecule has 0 fully saturated rings. The second-order valence-corrected chi connectivity index (χ2v) is 7.27. The number of carbonyl (C=O) groups excluding carboxylic acids is 1. The number of benzene rings is 2. The molecule has 0 unspecified atom stereocenters. The van der Waals surface area contributed by atoms with Gasteiger partial charge in [0.15, 0.2) is 5.78 Å². The number of nitrogens with one attached hydrogen (secondary N) is 2. The Morgan fingerprint density at radius 3 is 2.00 bits per heavy atom. The van der Waals surface area contributed by atoms with Gasteiger partial charge in [0, 0.05) is 5.69 Å². The van der Waals surface area contributed by atoms with Crippen LogP contribution < -0.4 is 10.6 Å². The van der Waals surface area contributed by atoms with Gasteiger partial charge in [-0.15, -0.1) is 0 Å². The van der Waals surface area contributed by atoms with Crippen molar-refractivity contribution < 1.29 is 18.4 Å². The van der Waals surface area contributed by atoms with E-state index in [-0.39, 0.29) is 13.2 Å². The largest absolute Gasteiger partial charge is 0.357 e. The Bertz CT molecular complexity index is 700. The second-order valence-electron chi connectivity index (χ2n) is 5.15. The van der Waals surface area contributed by atoms with Crippen molar-refractivity contribution in [2.75, 3.05) is 18.5 Å². The molecule has 0 radical (unpaired) electrons. The van der Waals surface area contributed by atoms with Gasteiger partial charge in [-0.3, -0.25) is 4.57 Å². The van der Waals surface area contributed by atoms with Crippen molar-refractivity contribution in [2.45, 2.75) is 19.6 Å². The molecule has 0 saturated heterocycles. The number of hydrogen-bond donors (Lipinski definition) is 2. The molecular formula is C18H23N2O4P. The maximum atomic E-state index is 13.2. The number of anilines is 1. The Balaban J connectivity index is 2.25. The van der Waals surface area contributed by atoms with E-state index < -0.39 is 19.4 Å². The first-order valence-electron chi connectivity index (χ1n) is 8.15. The first-order chi connectivity index (χ1) is 12.1. The molecule has 0 aliphatic carbocycles. The summed E-state index contributed by atoms with van der Waals surface area (Å²) in [5, 5.41) is 5.45. The van der Waals surface area contributed by atoms with Gasteiger partial charge in [-0.25, -0.2) is 4.79 Å². The lowest BCUT2D eigenvalue weighted by Crippen LogP contribution is -2.33. The quantitative estimate of drug-likeness (QED) is 0.663. The molecule has 2 aromatic rings. The predicted octanol–water partition coefficient (Wildman–Crippen LogP) is 4.77. The maximum Gasteiger partial charge on any atom is 0.357 e. The van der Waals surface area contributed by atoms with Crippen LogP contribution in [0.15, 0.2) is 60.7 Å². The van der Waals surface area contributed by atoms with E-state index in [9.17, 15) is 9.36 Å². The van der Waals surface area contributed by atoms with E-state index in [1.54, 1.807) is 50.2 Å². The van der Waals surface area contributed by atoms with E-state index in [1.165, 1.54) is 0 Å². The maximum absolute atomic E-state index is 13.2. The molecule has 25 heavy (non-hydrogen) atoms. The average Bonchev–Trinajstić information content (AvgIpc) is 2.61. The summed E-state index contributed by atoms with van der Waals surface area (Å²) >= 11 is 0. The monoisotopic (exact) mass is 362 g/mol. The zero-order chi connectivity index (χ0) is 18.1. The molecule has 0 heterocycles. The number of para-hydroxylation sites is 1. The van der Waals surface area contributed by atoms with Gasteiger partial charge >= 0.3 is 13.6 Å². The summed E-state index contributed by atoms with van der Waals surface area (Å²) in [5.74, 6) is -0.905. The van der Waals surface area contributed by atoms with Crippen LogP contribution in [0.4, 0.5) is 10.5 Å². The summed E-state index contributed by atoms with van der Waals surface area (Å²) in [5.41, 5.74) is 1.28. The standard InChI is InChI=1S/C18H23N2O4P/c1-3-23-25(22,24-4-2)17(15-11-7-5-8-12-15)20-18(21)19-16-13-9-6-10-14-16/h5-14,17H,3-4H2,1-2H3,(H2,19,20,21)/t17-/m0/s1. The fourth-order valence-corrected chi connectivity index (χ4v) is 4.24. The number of rotatable bonds is 8. The van der Waals surface area contributed by atoms with E-state index >= 15 is 0 Å². The van der Waals surface area contributed by atoms with Crippen molar-refractivity contribution in [2.24, 2.45) is 0 Å². The first-order valence-corrected chi connectivity index (χ1v) is 9.76. The minimum atomic E-state index is -3.58. The molecule has 2 N–H and O–H groups in total. The van der Waals surface area contributed by atoms with E-state index in [0.717, 1.165) is 0 Å². The smallest absolute Gasteiger partial charge is 0.320 e. The number of urea groups is 1. The zero-order valence-corrected chi connectivity index (χ0v) is 15.2. The Hall–Kier alpha value is -2.14. The highest BCUT2D eigenvalue weighted by Crippen LogP contribution is 2.59. The van der Waals surface area contributed by atoms with Gasteiger partial charge in [0.25, 0.3) is 0 Å². The van der Waals surface area contributed by atoms with E-state index in [4.69, 9.17) is 9.05 Å². The molecule has 134 valence electrons. The Labute approximate surface area is 148 Å². The van der Waals surface area contributed by atoms with Crippen molar-refractivity contribution in [1.29, 1.82) is 0 Å². The van der Waals surface area contributed by atoms with Crippen molar-refractivity contribution in [3.8, 4) is 0 Å². The van der Waals surface area contributed by atoms with Gasteiger partial charge in [0.1, 0.15) is 0 Å². The lowest BCUT2D eigenvalue weighted by molar-refractivity contribution is 0.205. The molecule has 2 aromatic carbocycles. The SMILES string of the molecule is CCOP(=O)(OCC)[C@H](NC(=O)Nc1ccccc1)c1ccccc1. The number of carbonyl (C=O) groups is 1. The van der Waals surface area contributed by atoms with Gasteiger partial charge in [-0.05, 0) is 31.5 Å². The van der Waals surface area contributed by atoms with Crippen LogP contribution in [-0.2, 0) is 13.6 Å². The lowest BCUT2D eigenvalue weighted by atomic mass is 10.2. The van der Waals surface area contributed by atoms with Crippen molar-refractivity contribution in [1.82, 2.24) is 5.32 Å². The third-order valence-electron chi connectivity index (χ3n) is 3.35. The molecular weight excluding hydrogens is 339 g/mol. The van der Waals surface area contributed by atoms with Crippen LogP contribution in [0.1, 0.15) is 25.2 Å². The molecule has 6 nitrogen and oxygen atoms in total. The molecule has 1 atom stereocenters. The highest BCUT2D eigenvalue weighted by Gasteiger charge is 2.38. The summed E-state index contributed by atoms with van der Waals surface area (Å²) in [4.78, 5) is 12.4. The van der Waals surface area contributed by atoms with E-state index in [1.807, 2.05) is 24.3 Å². The highest BCUT2D eigenvalue weighted by molar-refractivity contribution is 7.54. The fourth-order valence-electron chi connectivity index (χ4n) is 2.34. The van der Waals surface area contributed by atoms with Crippen LogP contribution in [0.5, 0.6) is 0 Å². The van der Waals surface area contributed by atoms with Crippen LogP contribution in [0.25, 0.3) is 0 Å². The van der Waals surface area contributed by atoms with Gasteiger partial charge in [0.2, 0.25) is 0 Å². The predicted molar refractivity (Wildman–Crippen MR) is 98.6 cm³/mol. The molecule has 0 aliphatic rings. The summed E-state index contributed by atoms with van der Waals surface area (Å²) in [6, 6.07) is 17.5. The first kappa shape index (κ1) is 19.2. The number of amides is 2. The number of hydrogen-bond acceptors (Lipinski definition) is 4. The van der Waals surface area contributed by atoms with Gasteiger partial charge in [0.05, 0.1) is 13.2 Å². The summed E-state index contributed by atoms with van der Waals surface area (Å²) in [6.07, 6.45) is 0. The molecule has 0 saturated carbocycles. The minimum Gasteiger partial charge on any atom is -0.320 e. The Morgan fingerprint density at radius 1 is 0.960 bits per heavy atom. The molecule has 2 rings (SSSR count). The average molecular weight is 362 g/mol. The van der Waals surface area contributed by atoms with Crippen LogP contribution in [0, 0.1) is 0 Å². The minimum absolute atomic E-state index is 0.211.